The number of hydrogen-bond donors (Lipinski definition) is 2. The molecule has 0 amide bonds. The van der Waals surface area contributed by atoms with Gasteiger partial charge in [0.2, 0.25) is 0 Å². The van der Waals surface area contributed by atoms with Gasteiger partial charge >= 0.3 is 0 Å². The Hall–Kier alpha value is -3.40. The minimum atomic E-state index is 0.0626. The SMILES string of the molecule is CC(C)c1cc(CCCCCCCCCCCCc2cc(C=O)c(O)c(-c3ccccc3)c2)cc(C=O)c1O. The summed E-state index contributed by atoms with van der Waals surface area (Å²) in [6.45, 7) is 4.07. The van der Waals surface area contributed by atoms with Crippen molar-refractivity contribution >= 4 is 12.6 Å². The summed E-state index contributed by atoms with van der Waals surface area (Å²) in [4.78, 5) is 22.8. The second kappa shape index (κ2) is 15.9. The van der Waals surface area contributed by atoms with Crippen LogP contribution in [-0.2, 0) is 12.8 Å². The second-order valence-electron chi connectivity index (χ2n) is 11.0. The van der Waals surface area contributed by atoms with Crippen LogP contribution in [0.15, 0.2) is 54.6 Å². The van der Waals surface area contributed by atoms with Gasteiger partial charge in [-0.1, -0.05) is 102 Å². The molecule has 0 aromatic heterocycles. The molecule has 2 N–H and O–H groups in total. The monoisotopic (exact) mass is 528 g/mol. The van der Waals surface area contributed by atoms with Gasteiger partial charge in [0, 0.05) is 5.56 Å². The van der Waals surface area contributed by atoms with E-state index in [1.807, 2.05) is 62.4 Å². The van der Waals surface area contributed by atoms with Gasteiger partial charge in [0.25, 0.3) is 0 Å². The van der Waals surface area contributed by atoms with Crippen LogP contribution in [0.25, 0.3) is 11.1 Å². The summed E-state index contributed by atoms with van der Waals surface area (Å²) in [7, 11) is 0. The first-order chi connectivity index (χ1) is 18.9. The van der Waals surface area contributed by atoms with E-state index in [0.717, 1.165) is 66.1 Å². The van der Waals surface area contributed by atoms with Crippen LogP contribution in [0.3, 0.4) is 0 Å². The fourth-order valence-electron chi connectivity index (χ4n) is 5.28. The van der Waals surface area contributed by atoms with E-state index in [2.05, 4.69) is 6.07 Å². The number of rotatable bonds is 17. The van der Waals surface area contributed by atoms with Crippen molar-refractivity contribution in [2.45, 2.75) is 96.8 Å². The summed E-state index contributed by atoms with van der Waals surface area (Å²) in [6.07, 6.45) is 15.4. The standard InChI is InChI=1S/C35H44O4/c1-26(2)32-22-27(20-30(24-36)34(32)38)16-12-9-7-5-3-4-6-8-10-13-17-28-21-31(25-37)35(39)33(23-28)29-18-14-11-15-19-29/h11,14-15,18-26,38-39H,3-10,12-13,16-17H2,1-2H3. The van der Waals surface area contributed by atoms with E-state index in [-0.39, 0.29) is 17.4 Å². The Balaban J connectivity index is 1.28. The average molecular weight is 529 g/mol. The summed E-state index contributed by atoms with van der Waals surface area (Å²) in [6, 6.07) is 17.5. The lowest BCUT2D eigenvalue weighted by molar-refractivity contribution is 0.111. The van der Waals surface area contributed by atoms with Crippen molar-refractivity contribution in [1.82, 2.24) is 0 Å². The van der Waals surface area contributed by atoms with E-state index in [0.29, 0.717) is 11.1 Å². The molecule has 0 bridgehead atoms. The molecule has 3 aromatic rings. The number of carbonyl (C=O) groups excluding carboxylic acids is 2. The van der Waals surface area contributed by atoms with Gasteiger partial charge in [-0.2, -0.15) is 0 Å². The molecule has 3 rings (SSSR count). The number of phenolic OH excluding ortho intramolecular Hbond substituents is 2. The Kier molecular flexibility index (Phi) is 12.3. The molecule has 0 spiro atoms. The molecule has 208 valence electrons. The van der Waals surface area contributed by atoms with Gasteiger partial charge < -0.3 is 10.2 Å². The fourth-order valence-corrected chi connectivity index (χ4v) is 5.28. The fraction of sp³-hybridized carbons (Fsp3) is 0.429. The Morgan fingerprint density at radius 2 is 1.08 bits per heavy atom. The highest BCUT2D eigenvalue weighted by atomic mass is 16.3. The van der Waals surface area contributed by atoms with Crippen LogP contribution >= 0.6 is 0 Å². The first-order valence-corrected chi connectivity index (χ1v) is 14.6. The van der Waals surface area contributed by atoms with Crippen molar-refractivity contribution in [3.05, 3.63) is 82.4 Å². The molecule has 0 heterocycles. The van der Waals surface area contributed by atoms with Crippen LogP contribution in [0.5, 0.6) is 11.5 Å². The van der Waals surface area contributed by atoms with Crippen LogP contribution in [0.4, 0.5) is 0 Å². The maximum Gasteiger partial charge on any atom is 0.153 e. The number of benzene rings is 3. The third-order valence-corrected chi connectivity index (χ3v) is 7.57. The van der Waals surface area contributed by atoms with Crippen molar-refractivity contribution in [1.29, 1.82) is 0 Å². The third-order valence-electron chi connectivity index (χ3n) is 7.57. The quantitative estimate of drug-likeness (QED) is 0.135. The molecular formula is C35H44O4. The zero-order chi connectivity index (χ0) is 28.0. The summed E-state index contributed by atoms with van der Waals surface area (Å²) in [5, 5.41) is 20.7. The van der Waals surface area contributed by atoms with E-state index >= 15 is 0 Å². The third kappa shape index (κ3) is 9.09. The zero-order valence-electron chi connectivity index (χ0n) is 23.6. The summed E-state index contributed by atoms with van der Waals surface area (Å²) in [5.41, 5.74) is 5.52. The van der Waals surface area contributed by atoms with Crippen LogP contribution in [0.1, 0.15) is 121 Å². The molecule has 0 atom stereocenters. The maximum atomic E-state index is 11.5. The molecule has 0 saturated carbocycles. The molecule has 4 nitrogen and oxygen atoms in total. The molecule has 0 fully saturated rings. The highest BCUT2D eigenvalue weighted by Gasteiger charge is 2.13. The molecule has 4 heteroatoms. The molecule has 0 aliphatic heterocycles. The van der Waals surface area contributed by atoms with E-state index in [1.165, 1.54) is 51.4 Å². The van der Waals surface area contributed by atoms with Gasteiger partial charge in [-0.15, -0.1) is 0 Å². The Bertz CT molecular complexity index is 1200. The number of unbranched alkanes of at least 4 members (excludes halogenated alkanes) is 9. The molecule has 3 aromatic carbocycles. The van der Waals surface area contributed by atoms with Gasteiger partial charge in [-0.05, 0) is 72.1 Å². The van der Waals surface area contributed by atoms with E-state index < -0.39 is 0 Å². The van der Waals surface area contributed by atoms with Gasteiger partial charge in [0.05, 0.1) is 11.1 Å². The molecular weight excluding hydrogens is 484 g/mol. The lowest BCUT2D eigenvalue weighted by Gasteiger charge is -2.13. The van der Waals surface area contributed by atoms with Crippen LogP contribution < -0.4 is 0 Å². The number of aryl methyl sites for hydroxylation is 2. The van der Waals surface area contributed by atoms with Gasteiger partial charge in [0.1, 0.15) is 11.5 Å². The lowest BCUT2D eigenvalue weighted by atomic mass is 9.94. The van der Waals surface area contributed by atoms with Gasteiger partial charge in [-0.25, -0.2) is 0 Å². The van der Waals surface area contributed by atoms with Crippen molar-refractivity contribution in [3.8, 4) is 22.6 Å². The summed E-state index contributed by atoms with van der Waals surface area (Å²) >= 11 is 0. The van der Waals surface area contributed by atoms with E-state index in [4.69, 9.17) is 0 Å². The van der Waals surface area contributed by atoms with Crippen LogP contribution in [-0.4, -0.2) is 22.8 Å². The number of hydrogen-bond acceptors (Lipinski definition) is 4. The minimum Gasteiger partial charge on any atom is -0.507 e. The summed E-state index contributed by atoms with van der Waals surface area (Å²) < 4.78 is 0. The molecule has 0 unspecified atom stereocenters. The zero-order valence-corrected chi connectivity index (χ0v) is 23.6. The van der Waals surface area contributed by atoms with E-state index in [1.54, 1.807) is 0 Å². The predicted molar refractivity (Wildman–Crippen MR) is 160 cm³/mol. The van der Waals surface area contributed by atoms with Gasteiger partial charge in [0.15, 0.2) is 12.6 Å². The molecule has 0 saturated heterocycles. The largest absolute Gasteiger partial charge is 0.507 e. The maximum absolute atomic E-state index is 11.5. The molecule has 0 aliphatic carbocycles. The number of aromatic hydroxyl groups is 2. The highest BCUT2D eigenvalue weighted by molar-refractivity contribution is 5.86. The minimum absolute atomic E-state index is 0.0626. The average Bonchev–Trinajstić information content (AvgIpc) is 2.95. The Morgan fingerprint density at radius 1 is 0.615 bits per heavy atom. The second-order valence-corrected chi connectivity index (χ2v) is 11.0. The first-order valence-electron chi connectivity index (χ1n) is 14.6. The smallest absolute Gasteiger partial charge is 0.153 e. The van der Waals surface area contributed by atoms with Crippen molar-refractivity contribution < 1.29 is 19.8 Å². The van der Waals surface area contributed by atoms with E-state index in [9.17, 15) is 19.8 Å². The Labute approximate surface area is 234 Å². The summed E-state index contributed by atoms with van der Waals surface area (Å²) in [5.74, 6) is 0.389. The topological polar surface area (TPSA) is 74.6 Å². The normalized spacial score (nSPS) is 11.2. The van der Waals surface area contributed by atoms with Crippen molar-refractivity contribution in [2.75, 3.05) is 0 Å². The molecule has 0 radical (unpaired) electrons. The highest BCUT2D eigenvalue weighted by Crippen LogP contribution is 2.33. The number of carbonyl (C=O) groups is 2. The molecule has 0 aliphatic rings. The number of aldehydes is 2. The van der Waals surface area contributed by atoms with Crippen LogP contribution in [0, 0.1) is 0 Å². The molecule has 39 heavy (non-hydrogen) atoms. The Morgan fingerprint density at radius 3 is 1.56 bits per heavy atom. The predicted octanol–water partition coefficient (Wildman–Crippen LogP) is 9.20. The van der Waals surface area contributed by atoms with Crippen molar-refractivity contribution in [2.24, 2.45) is 0 Å². The lowest BCUT2D eigenvalue weighted by Crippen LogP contribution is -1.97. The van der Waals surface area contributed by atoms with Crippen LogP contribution in [0.2, 0.25) is 0 Å². The van der Waals surface area contributed by atoms with Crippen molar-refractivity contribution in [3.63, 3.8) is 0 Å². The first kappa shape index (κ1) is 30.1. The number of phenols is 2. The van der Waals surface area contributed by atoms with Gasteiger partial charge in [-0.3, -0.25) is 9.59 Å².